The molecule has 2 heterocycles. The van der Waals surface area contributed by atoms with Crippen LogP contribution in [0, 0.1) is 11.7 Å². The molecule has 26 heavy (non-hydrogen) atoms. The number of anilines is 1. The third-order valence-electron chi connectivity index (χ3n) is 5.38. The van der Waals surface area contributed by atoms with E-state index in [1.807, 2.05) is 0 Å². The minimum absolute atomic E-state index is 0.0562. The van der Waals surface area contributed by atoms with Gasteiger partial charge in [-0.3, -0.25) is 14.4 Å². The molecule has 2 atom stereocenters. The van der Waals surface area contributed by atoms with Gasteiger partial charge in [-0.2, -0.15) is 0 Å². The summed E-state index contributed by atoms with van der Waals surface area (Å²) in [7, 11) is 0. The van der Waals surface area contributed by atoms with Crippen LogP contribution in [-0.2, 0) is 14.4 Å². The first kappa shape index (κ1) is 17.0. The van der Waals surface area contributed by atoms with Crippen molar-refractivity contribution in [1.29, 1.82) is 0 Å². The Bertz CT molecular complexity index is 749. The van der Waals surface area contributed by atoms with Crippen molar-refractivity contribution in [2.24, 2.45) is 5.92 Å². The van der Waals surface area contributed by atoms with E-state index in [-0.39, 0.29) is 42.4 Å². The van der Waals surface area contributed by atoms with Crippen LogP contribution >= 0.6 is 0 Å². The third kappa shape index (κ3) is 3.18. The van der Waals surface area contributed by atoms with E-state index in [1.54, 1.807) is 23.1 Å². The molecule has 1 saturated carbocycles. The van der Waals surface area contributed by atoms with Crippen LogP contribution in [0.1, 0.15) is 32.1 Å². The van der Waals surface area contributed by atoms with Crippen LogP contribution in [0.4, 0.5) is 10.1 Å². The summed E-state index contributed by atoms with van der Waals surface area (Å²) in [6.07, 6.45) is 3.50. The molecular formula is C19H22FN3O3. The van der Waals surface area contributed by atoms with E-state index in [0.717, 1.165) is 19.3 Å². The molecule has 6 nitrogen and oxygen atoms in total. The van der Waals surface area contributed by atoms with Crippen molar-refractivity contribution < 1.29 is 18.8 Å². The lowest BCUT2D eigenvalue weighted by atomic mass is 10.1. The second-order valence-corrected chi connectivity index (χ2v) is 7.33. The second-order valence-electron chi connectivity index (χ2n) is 7.33. The van der Waals surface area contributed by atoms with Crippen LogP contribution in [0.2, 0.25) is 0 Å². The van der Waals surface area contributed by atoms with Gasteiger partial charge in [0.15, 0.2) is 0 Å². The maximum atomic E-state index is 14.0. The van der Waals surface area contributed by atoms with Gasteiger partial charge < -0.3 is 15.1 Å². The fourth-order valence-corrected chi connectivity index (χ4v) is 3.84. The van der Waals surface area contributed by atoms with E-state index >= 15 is 0 Å². The SMILES string of the molecule is O=C(NC1CC1)C1CCCN1C(=O)C1CC(=O)N(c2ccccc2F)C1. The highest BCUT2D eigenvalue weighted by Gasteiger charge is 2.43. The molecule has 3 amide bonds. The van der Waals surface area contributed by atoms with Crippen molar-refractivity contribution in [3.63, 3.8) is 0 Å². The lowest BCUT2D eigenvalue weighted by molar-refractivity contribution is -0.141. The van der Waals surface area contributed by atoms with E-state index in [2.05, 4.69) is 5.32 Å². The molecule has 2 unspecified atom stereocenters. The van der Waals surface area contributed by atoms with Crippen LogP contribution in [-0.4, -0.2) is 47.8 Å². The van der Waals surface area contributed by atoms with Gasteiger partial charge in [0.05, 0.1) is 11.6 Å². The average molecular weight is 359 g/mol. The fraction of sp³-hybridized carbons (Fsp3) is 0.526. The molecule has 3 aliphatic rings. The molecule has 0 aromatic heterocycles. The molecule has 1 aromatic rings. The summed E-state index contributed by atoms with van der Waals surface area (Å²) in [5.74, 6) is -1.53. The number of para-hydroxylation sites is 1. The van der Waals surface area contributed by atoms with Gasteiger partial charge in [-0.15, -0.1) is 0 Å². The number of benzene rings is 1. The summed E-state index contributed by atoms with van der Waals surface area (Å²) in [6, 6.07) is 5.89. The Labute approximate surface area is 151 Å². The first-order valence-corrected chi connectivity index (χ1v) is 9.20. The molecule has 138 valence electrons. The zero-order chi connectivity index (χ0) is 18.3. The lowest BCUT2D eigenvalue weighted by Crippen LogP contribution is -2.48. The van der Waals surface area contributed by atoms with Gasteiger partial charge in [-0.25, -0.2) is 4.39 Å². The number of nitrogens with zero attached hydrogens (tertiary/aromatic N) is 2. The molecule has 7 heteroatoms. The molecule has 2 saturated heterocycles. The minimum Gasteiger partial charge on any atom is -0.352 e. The Hall–Kier alpha value is -2.44. The highest BCUT2D eigenvalue weighted by atomic mass is 19.1. The standard InChI is InChI=1S/C19H22FN3O3/c20-14-4-1-2-5-15(14)23-11-12(10-17(23)24)19(26)22-9-3-6-16(22)18(25)21-13-7-8-13/h1-2,4-5,12-13,16H,3,6-11H2,(H,21,25). The predicted octanol–water partition coefficient (Wildman–Crippen LogP) is 1.45. The molecule has 0 radical (unpaired) electrons. The number of halogens is 1. The number of carbonyl (C=O) groups is 3. The smallest absolute Gasteiger partial charge is 0.243 e. The largest absolute Gasteiger partial charge is 0.352 e. The van der Waals surface area contributed by atoms with Gasteiger partial charge in [0.25, 0.3) is 0 Å². The average Bonchev–Trinajstić information content (AvgIpc) is 3.16. The monoisotopic (exact) mass is 359 g/mol. The number of carbonyl (C=O) groups excluding carboxylic acids is 3. The Morgan fingerprint density at radius 3 is 2.65 bits per heavy atom. The number of hydrogen-bond donors (Lipinski definition) is 1. The molecule has 1 aromatic carbocycles. The summed E-state index contributed by atoms with van der Waals surface area (Å²) in [5.41, 5.74) is 0.206. The first-order chi connectivity index (χ1) is 12.5. The summed E-state index contributed by atoms with van der Waals surface area (Å²) < 4.78 is 14.0. The molecule has 2 aliphatic heterocycles. The zero-order valence-corrected chi connectivity index (χ0v) is 14.5. The van der Waals surface area contributed by atoms with Crippen molar-refractivity contribution >= 4 is 23.4 Å². The third-order valence-corrected chi connectivity index (χ3v) is 5.38. The van der Waals surface area contributed by atoms with Crippen molar-refractivity contribution in [2.45, 2.75) is 44.2 Å². The molecule has 3 fully saturated rings. The van der Waals surface area contributed by atoms with E-state index < -0.39 is 17.8 Å². The summed E-state index contributed by atoms with van der Waals surface area (Å²) in [4.78, 5) is 40.6. The predicted molar refractivity (Wildman–Crippen MR) is 92.8 cm³/mol. The van der Waals surface area contributed by atoms with E-state index in [4.69, 9.17) is 0 Å². The quantitative estimate of drug-likeness (QED) is 0.885. The van der Waals surface area contributed by atoms with Crippen LogP contribution in [0.15, 0.2) is 24.3 Å². The fourth-order valence-electron chi connectivity index (χ4n) is 3.84. The summed E-state index contributed by atoms with van der Waals surface area (Å²) >= 11 is 0. The minimum atomic E-state index is -0.531. The van der Waals surface area contributed by atoms with Gasteiger partial charge in [0.1, 0.15) is 11.9 Å². The molecule has 4 rings (SSSR count). The normalized spacial score (nSPS) is 25.7. The first-order valence-electron chi connectivity index (χ1n) is 9.20. The van der Waals surface area contributed by atoms with Crippen molar-refractivity contribution in [3.8, 4) is 0 Å². The van der Waals surface area contributed by atoms with Crippen molar-refractivity contribution in [1.82, 2.24) is 10.2 Å². The lowest BCUT2D eigenvalue weighted by Gasteiger charge is -2.26. The van der Waals surface area contributed by atoms with Gasteiger partial charge in [0.2, 0.25) is 17.7 Å². The number of hydrogen-bond acceptors (Lipinski definition) is 3. The van der Waals surface area contributed by atoms with Gasteiger partial charge in [-0.05, 0) is 37.8 Å². The number of likely N-dealkylation sites (tertiary alicyclic amines) is 1. The van der Waals surface area contributed by atoms with E-state index in [9.17, 15) is 18.8 Å². The molecule has 0 bridgehead atoms. The highest BCUT2D eigenvalue weighted by Crippen LogP contribution is 2.30. The Kier molecular flexibility index (Phi) is 4.38. The maximum absolute atomic E-state index is 14.0. The van der Waals surface area contributed by atoms with Gasteiger partial charge in [0, 0.05) is 25.6 Å². The Morgan fingerprint density at radius 1 is 1.15 bits per heavy atom. The topological polar surface area (TPSA) is 69.7 Å². The van der Waals surface area contributed by atoms with Crippen LogP contribution < -0.4 is 10.2 Å². The van der Waals surface area contributed by atoms with E-state index in [1.165, 1.54) is 11.0 Å². The summed E-state index contributed by atoms with van der Waals surface area (Å²) in [6.45, 7) is 0.692. The van der Waals surface area contributed by atoms with Crippen molar-refractivity contribution in [3.05, 3.63) is 30.1 Å². The van der Waals surface area contributed by atoms with E-state index in [0.29, 0.717) is 13.0 Å². The Balaban J connectivity index is 1.45. The molecule has 1 aliphatic carbocycles. The second kappa shape index (κ2) is 6.70. The van der Waals surface area contributed by atoms with Gasteiger partial charge >= 0.3 is 0 Å². The Morgan fingerprint density at radius 2 is 1.92 bits per heavy atom. The molecule has 1 N–H and O–H groups in total. The van der Waals surface area contributed by atoms with Crippen LogP contribution in [0.3, 0.4) is 0 Å². The molecular weight excluding hydrogens is 337 g/mol. The highest BCUT2D eigenvalue weighted by molar-refractivity contribution is 6.01. The van der Waals surface area contributed by atoms with Crippen LogP contribution in [0.5, 0.6) is 0 Å². The summed E-state index contributed by atoms with van der Waals surface area (Å²) in [5, 5.41) is 2.96. The number of rotatable bonds is 4. The number of amides is 3. The van der Waals surface area contributed by atoms with Gasteiger partial charge in [-0.1, -0.05) is 12.1 Å². The van der Waals surface area contributed by atoms with Crippen molar-refractivity contribution in [2.75, 3.05) is 18.0 Å². The number of nitrogens with one attached hydrogen (secondary N) is 1. The van der Waals surface area contributed by atoms with Crippen LogP contribution in [0.25, 0.3) is 0 Å². The molecule has 0 spiro atoms. The maximum Gasteiger partial charge on any atom is 0.243 e. The zero-order valence-electron chi connectivity index (χ0n) is 14.5.